The van der Waals surface area contributed by atoms with Gasteiger partial charge >= 0.3 is 0 Å². The number of non-ortho nitro benzene ring substituents is 1. The summed E-state index contributed by atoms with van der Waals surface area (Å²) in [6, 6.07) is 14.5. The molecule has 0 spiro atoms. The highest BCUT2D eigenvalue weighted by Gasteiger charge is 2.15. The molecule has 2 aromatic carbocycles. The number of fused-ring (bicyclic) bond motifs is 1. The van der Waals surface area contributed by atoms with Crippen molar-refractivity contribution in [1.82, 2.24) is 4.57 Å². The molecule has 0 fully saturated rings. The number of nitrogens with zero attached hydrogens (tertiary/aromatic N) is 2. The van der Waals surface area contributed by atoms with E-state index in [9.17, 15) is 10.1 Å². The number of nitro groups is 1. The van der Waals surface area contributed by atoms with Crippen LogP contribution in [0.15, 0.2) is 54.7 Å². The van der Waals surface area contributed by atoms with Crippen LogP contribution in [-0.2, 0) is 6.54 Å². The summed E-state index contributed by atoms with van der Waals surface area (Å²) in [6.07, 6.45) is 1.86. The molecule has 0 unspecified atom stereocenters. The van der Waals surface area contributed by atoms with E-state index < -0.39 is 0 Å². The lowest BCUT2D eigenvalue weighted by Gasteiger charge is -2.06. The molecule has 0 saturated heterocycles. The Morgan fingerprint density at radius 1 is 1.15 bits per heavy atom. The molecule has 0 amide bonds. The van der Waals surface area contributed by atoms with Gasteiger partial charge in [0.05, 0.1) is 4.92 Å². The fourth-order valence-corrected chi connectivity index (χ4v) is 2.56. The van der Waals surface area contributed by atoms with Gasteiger partial charge in [-0.05, 0) is 23.8 Å². The first-order chi connectivity index (χ1) is 9.65. The minimum absolute atomic E-state index is 0.120. The lowest BCUT2D eigenvalue weighted by atomic mass is 10.2. The zero-order valence-corrected chi connectivity index (χ0v) is 11.2. The van der Waals surface area contributed by atoms with Crippen molar-refractivity contribution < 1.29 is 4.92 Å². The van der Waals surface area contributed by atoms with Crippen LogP contribution in [0, 0.1) is 10.1 Å². The highest BCUT2D eigenvalue weighted by Crippen LogP contribution is 2.27. The van der Waals surface area contributed by atoms with E-state index in [0.717, 1.165) is 10.9 Å². The quantitative estimate of drug-likeness (QED) is 0.534. The zero-order valence-electron chi connectivity index (χ0n) is 10.5. The summed E-state index contributed by atoms with van der Waals surface area (Å²) < 4.78 is 1.87. The number of hydrogen-bond acceptors (Lipinski definition) is 2. The molecule has 1 heterocycles. The van der Waals surface area contributed by atoms with Crippen molar-refractivity contribution in [1.29, 1.82) is 0 Å². The maximum Gasteiger partial charge on any atom is 0.293 e. The van der Waals surface area contributed by atoms with Crippen LogP contribution >= 0.6 is 11.6 Å². The highest BCUT2D eigenvalue weighted by molar-refractivity contribution is 6.30. The lowest BCUT2D eigenvalue weighted by molar-refractivity contribution is -0.383. The molecule has 0 saturated carbocycles. The second-order valence-electron chi connectivity index (χ2n) is 4.55. The largest absolute Gasteiger partial charge is 0.337 e. The fraction of sp³-hybridized carbons (Fsp3) is 0.0667. The third-order valence-corrected chi connectivity index (χ3v) is 3.44. The van der Waals surface area contributed by atoms with Gasteiger partial charge in [-0.3, -0.25) is 10.1 Å². The molecule has 3 aromatic rings. The van der Waals surface area contributed by atoms with E-state index in [-0.39, 0.29) is 10.6 Å². The van der Waals surface area contributed by atoms with Crippen LogP contribution in [0.4, 0.5) is 5.69 Å². The summed E-state index contributed by atoms with van der Waals surface area (Å²) in [5, 5.41) is 12.7. The van der Waals surface area contributed by atoms with E-state index in [1.54, 1.807) is 12.1 Å². The number of benzene rings is 2. The maximum absolute atomic E-state index is 11.1. The van der Waals surface area contributed by atoms with Crippen molar-refractivity contribution in [3.63, 3.8) is 0 Å². The van der Waals surface area contributed by atoms with E-state index in [1.807, 2.05) is 41.1 Å². The molecule has 1 aromatic heterocycles. The van der Waals surface area contributed by atoms with Gasteiger partial charge in [0.15, 0.2) is 0 Å². The highest BCUT2D eigenvalue weighted by atomic mass is 35.5. The van der Waals surface area contributed by atoms with Crippen LogP contribution in [0.3, 0.4) is 0 Å². The summed E-state index contributed by atoms with van der Waals surface area (Å²) in [5.74, 6) is 0. The molecule has 0 N–H and O–H groups in total. The van der Waals surface area contributed by atoms with Gasteiger partial charge in [0.25, 0.3) is 5.69 Å². The van der Waals surface area contributed by atoms with Crippen LogP contribution in [0.25, 0.3) is 10.9 Å². The van der Waals surface area contributed by atoms with Gasteiger partial charge in [-0.15, -0.1) is 0 Å². The van der Waals surface area contributed by atoms with Gasteiger partial charge in [0.2, 0.25) is 0 Å². The van der Waals surface area contributed by atoms with Gasteiger partial charge in [0.1, 0.15) is 5.52 Å². The molecular weight excluding hydrogens is 276 g/mol. The Bertz CT molecular complexity index is 795. The van der Waals surface area contributed by atoms with Gasteiger partial charge < -0.3 is 4.57 Å². The molecule has 3 rings (SSSR count). The topological polar surface area (TPSA) is 48.1 Å². The molecule has 0 aliphatic heterocycles. The summed E-state index contributed by atoms with van der Waals surface area (Å²) >= 11 is 5.97. The molecule has 4 nitrogen and oxygen atoms in total. The molecule has 20 heavy (non-hydrogen) atoms. The molecule has 0 aliphatic carbocycles. The zero-order chi connectivity index (χ0) is 14.1. The van der Waals surface area contributed by atoms with E-state index in [2.05, 4.69) is 0 Å². The van der Waals surface area contributed by atoms with Crippen molar-refractivity contribution in [2.75, 3.05) is 0 Å². The van der Waals surface area contributed by atoms with Crippen LogP contribution in [0.1, 0.15) is 5.56 Å². The normalized spacial score (nSPS) is 10.8. The van der Waals surface area contributed by atoms with Gasteiger partial charge in [0, 0.05) is 29.2 Å². The number of rotatable bonds is 3. The smallest absolute Gasteiger partial charge is 0.293 e. The first-order valence-electron chi connectivity index (χ1n) is 6.12. The second kappa shape index (κ2) is 4.98. The Labute approximate surface area is 120 Å². The monoisotopic (exact) mass is 286 g/mol. The Morgan fingerprint density at radius 2 is 1.95 bits per heavy atom. The third kappa shape index (κ3) is 2.26. The van der Waals surface area contributed by atoms with Crippen LogP contribution in [-0.4, -0.2) is 9.49 Å². The van der Waals surface area contributed by atoms with E-state index >= 15 is 0 Å². The van der Waals surface area contributed by atoms with Crippen molar-refractivity contribution in [3.8, 4) is 0 Å². The Morgan fingerprint density at radius 3 is 2.70 bits per heavy atom. The van der Waals surface area contributed by atoms with Crippen molar-refractivity contribution in [3.05, 3.63) is 75.4 Å². The number of para-hydroxylation sites is 1. The van der Waals surface area contributed by atoms with E-state index in [4.69, 9.17) is 11.6 Å². The predicted molar refractivity (Wildman–Crippen MR) is 79.1 cm³/mol. The molecular formula is C15H11ClN2O2. The third-order valence-electron chi connectivity index (χ3n) is 3.21. The molecule has 0 aliphatic rings. The van der Waals surface area contributed by atoms with E-state index in [1.165, 1.54) is 6.07 Å². The maximum atomic E-state index is 11.1. The minimum Gasteiger partial charge on any atom is -0.337 e. The average molecular weight is 287 g/mol. The van der Waals surface area contributed by atoms with Crippen molar-refractivity contribution in [2.24, 2.45) is 0 Å². The van der Waals surface area contributed by atoms with Crippen molar-refractivity contribution in [2.45, 2.75) is 6.54 Å². The standard InChI is InChI=1S/C15H11ClN2O2/c16-13-5-1-3-11(9-13)10-17-8-7-12-4-2-6-14(15(12)17)18(19)20/h1-9H,10H2. The Hall–Kier alpha value is -2.33. The SMILES string of the molecule is O=[N+]([O-])c1cccc2ccn(Cc3cccc(Cl)c3)c12. The summed E-state index contributed by atoms with van der Waals surface area (Å²) in [5.41, 5.74) is 1.76. The van der Waals surface area contributed by atoms with Crippen molar-refractivity contribution >= 4 is 28.2 Å². The first-order valence-corrected chi connectivity index (χ1v) is 6.49. The van der Waals surface area contributed by atoms with Crippen LogP contribution in [0.2, 0.25) is 5.02 Å². The van der Waals surface area contributed by atoms with Crippen LogP contribution < -0.4 is 0 Å². The summed E-state index contributed by atoms with van der Waals surface area (Å²) in [7, 11) is 0. The number of halogens is 1. The number of aromatic nitrogens is 1. The first kappa shape index (κ1) is 12.7. The predicted octanol–water partition coefficient (Wildman–Crippen LogP) is 4.25. The Balaban J connectivity index is 2.10. The number of hydrogen-bond donors (Lipinski definition) is 0. The van der Waals surface area contributed by atoms with Crippen LogP contribution in [0.5, 0.6) is 0 Å². The van der Waals surface area contributed by atoms with Gasteiger partial charge in [-0.1, -0.05) is 35.9 Å². The fourth-order valence-electron chi connectivity index (χ4n) is 2.35. The molecule has 0 atom stereocenters. The van der Waals surface area contributed by atoms with Gasteiger partial charge in [-0.2, -0.15) is 0 Å². The average Bonchev–Trinajstić information content (AvgIpc) is 2.82. The lowest BCUT2D eigenvalue weighted by Crippen LogP contribution is -2.00. The van der Waals surface area contributed by atoms with Gasteiger partial charge in [-0.25, -0.2) is 0 Å². The molecule has 0 radical (unpaired) electrons. The number of nitro benzene ring substituents is 1. The molecule has 5 heteroatoms. The van der Waals surface area contributed by atoms with E-state index in [0.29, 0.717) is 17.1 Å². The summed E-state index contributed by atoms with van der Waals surface area (Å²) in [6.45, 7) is 0.551. The Kier molecular flexibility index (Phi) is 3.16. The minimum atomic E-state index is -0.350. The molecule has 0 bridgehead atoms. The second-order valence-corrected chi connectivity index (χ2v) is 4.98. The summed E-state index contributed by atoms with van der Waals surface area (Å²) in [4.78, 5) is 10.8. The molecule has 100 valence electrons.